The van der Waals surface area contributed by atoms with E-state index in [0.717, 1.165) is 58.5 Å². The zero-order chi connectivity index (χ0) is 28.0. The van der Waals surface area contributed by atoms with Crippen molar-refractivity contribution in [1.29, 1.82) is 0 Å². The molecule has 0 saturated carbocycles. The third-order valence-electron chi connectivity index (χ3n) is 6.62. The summed E-state index contributed by atoms with van der Waals surface area (Å²) in [5.41, 5.74) is 5.90. The van der Waals surface area contributed by atoms with E-state index >= 15 is 0 Å². The summed E-state index contributed by atoms with van der Waals surface area (Å²) in [6.45, 7) is 10.7. The number of Topliss-reactive ketones (excluding diaryl/α,β-unsaturated/α-hetero) is 1. The molecule has 1 aromatic heterocycles. The Bertz CT molecular complexity index is 1450. The van der Waals surface area contributed by atoms with Crippen LogP contribution in [-0.4, -0.2) is 33.4 Å². The number of benzene rings is 3. The Kier molecular flexibility index (Phi) is 8.85. The van der Waals surface area contributed by atoms with Crippen molar-refractivity contribution in [3.8, 4) is 11.1 Å². The minimum atomic E-state index is -0.555. The molecule has 1 heterocycles. The van der Waals surface area contributed by atoms with Gasteiger partial charge in [-0.15, -0.1) is 0 Å². The lowest BCUT2D eigenvalue weighted by Gasteiger charge is -2.20. The van der Waals surface area contributed by atoms with Crippen molar-refractivity contribution in [3.05, 3.63) is 83.7 Å². The number of anilines is 1. The van der Waals surface area contributed by atoms with Gasteiger partial charge in [0.1, 0.15) is 11.4 Å². The fourth-order valence-corrected chi connectivity index (χ4v) is 4.54. The van der Waals surface area contributed by atoms with Gasteiger partial charge in [-0.2, -0.15) is 0 Å². The Morgan fingerprint density at radius 1 is 0.974 bits per heavy atom. The quantitative estimate of drug-likeness (QED) is 0.206. The first-order chi connectivity index (χ1) is 18.7. The predicted molar refractivity (Wildman–Crippen MR) is 158 cm³/mol. The van der Waals surface area contributed by atoms with Crippen LogP contribution in [0.25, 0.3) is 22.2 Å². The summed E-state index contributed by atoms with van der Waals surface area (Å²) in [5, 5.41) is 3.22. The van der Waals surface area contributed by atoms with E-state index in [1.54, 1.807) is 0 Å². The summed E-state index contributed by atoms with van der Waals surface area (Å²) >= 11 is 0. The normalized spacial score (nSPS) is 11.5. The second-order valence-electron chi connectivity index (χ2n) is 10.9. The Morgan fingerprint density at radius 3 is 2.41 bits per heavy atom. The second kappa shape index (κ2) is 12.3. The molecule has 0 fully saturated rings. The Balaban J connectivity index is 1.60. The van der Waals surface area contributed by atoms with Gasteiger partial charge in [-0.05, 0) is 68.1 Å². The predicted octanol–water partition coefficient (Wildman–Crippen LogP) is 7.44. The molecule has 4 rings (SSSR count). The maximum absolute atomic E-state index is 12.8. The second-order valence-corrected chi connectivity index (χ2v) is 10.9. The molecular formula is C33H39N3O3. The number of hydrogen-bond donors (Lipinski definition) is 1. The Morgan fingerprint density at radius 2 is 1.72 bits per heavy atom. The number of fused-ring (bicyclic) bond motifs is 1. The number of carbonyl (C=O) groups is 2. The summed E-state index contributed by atoms with van der Waals surface area (Å²) in [7, 11) is 0. The maximum atomic E-state index is 12.8. The highest BCUT2D eigenvalue weighted by atomic mass is 16.6. The molecule has 4 aromatic rings. The van der Waals surface area contributed by atoms with Crippen LogP contribution in [0.3, 0.4) is 0 Å². The molecule has 0 aliphatic rings. The van der Waals surface area contributed by atoms with E-state index < -0.39 is 5.60 Å². The van der Waals surface area contributed by atoms with Crippen LogP contribution in [0.4, 0.5) is 5.69 Å². The number of nitrogens with zero attached hydrogens (tertiary/aromatic N) is 2. The van der Waals surface area contributed by atoms with E-state index in [4.69, 9.17) is 9.72 Å². The first-order valence-corrected chi connectivity index (χ1v) is 13.8. The molecule has 204 valence electrons. The molecule has 6 heteroatoms. The lowest BCUT2D eigenvalue weighted by molar-refractivity contribution is -0.117. The fraction of sp³-hybridized carbons (Fsp3) is 0.364. The Hall–Kier alpha value is -3.93. The number of esters is 1. The van der Waals surface area contributed by atoms with Gasteiger partial charge in [-0.1, -0.05) is 62.7 Å². The van der Waals surface area contributed by atoms with Crippen LogP contribution in [0.1, 0.15) is 75.6 Å². The fourth-order valence-electron chi connectivity index (χ4n) is 4.54. The number of hydrogen-bond acceptors (Lipinski definition) is 5. The number of ether oxygens (including phenoxy) is 1. The number of rotatable bonds is 11. The molecule has 0 radical (unpaired) electrons. The minimum absolute atomic E-state index is 0.182. The van der Waals surface area contributed by atoms with Crippen LogP contribution in [-0.2, 0) is 22.5 Å². The van der Waals surface area contributed by atoms with Gasteiger partial charge < -0.3 is 14.6 Å². The zero-order valence-electron chi connectivity index (χ0n) is 23.7. The number of aryl methyl sites for hydroxylation is 1. The van der Waals surface area contributed by atoms with Crippen molar-refractivity contribution >= 4 is 28.5 Å². The van der Waals surface area contributed by atoms with E-state index in [2.05, 4.69) is 47.1 Å². The Labute approximate surface area is 231 Å². The van der Waals surface area contributed by atoms with E-state index in [9.17, 15) is 9.59 Å². The molecule has 1 N–H and O–H groups in total. The number of carbonyl (C=O) groups excluding carboxylic acids is 2. The van der Waals surface area contributed by atoms with E-state index in [1.165, 1.54) is 0 Å². The highest BCUT2D eigenvalue weighted by molar-refractivity contribution is 5.97. The highest BCUT2D eigenvalue weighted by Gasteiger charge is 2.21. The number of aromatic nitrogens is 2. The molecule has 39 heavy (non-hydrogen) atoms. The topological polar surface area (TPSA) is 73.2 Å². The number of imidazole rings is 1. The number of unbranched alkanes of at least 4 members (excludes halogenated alkanes) is 1. The highest BCUT2D eigenvalue weighted by Crippen LogP contribution is 2.28. The smallest absolute Gasteiger partial charge is 0.339 e. The van der Waals surface area contributed by atoms with Crippen molar-refractivity contribution in [2.45, 2.75) is 72.4 Å². The van der Waals surface area contributed by atoms with Gasteiger partial charge in [0.15, 0.2) is 5.78 Å². The molecule has 0 aliphatic heterocycles. The maximum Gasteiger partial charge on any atom is 0.339 e. The van der Waals surface area contributed by atoms with E-state index in [1.807, 2.05) is 64.1 Å². The van der Waals surface area contributed by atoms with Crippen LogP contribution >= 0.6 is 0 Å². The van der Waals surface area contributed by atoms with Crippen molar-refractivity contribution in [2.75, 3.05) is 11.9 Å². The molecule has 0 spiro atoms. The first-order valence-electron chi connectivity index (χ1n) is 13.8. The lowest BCUT2D eigenvalue weighted by atomic mass is 9.98. The third-order valence-corrected chi connectivity index (χ3v) is 6.62. The van der Waals surface area contributed by atoms with Crippen molar-refractivity contribution in [1.82, 2.24) is 9.55 Å². The summed E-state index contributed by atoms with van der Waals surface area (Å²) in [5.74, 6) is 0.926. The average molecular weight is 526 g/mol. The van der Waals surface area contributed by atoms with Crippen LogP contribution in [0, 0.1) is 0 Å². The van der Waals surface area contributed by atoms with Crippen LogP contribution in [0.2, 0.25) is 0 Å². The summed E-state index contributed by atoms with van der Waals surface area (Å²) in [6.07, 6.45) is 3.60. The summed E-state index contributed by atoms with van der Waals surface area (Å²) < 4.78 is 7.92. The van der Waals surface area contributed by atoms with Gasteiger partial charge >= 0.3 is 5.97 Å². The van der Waals surface area contributed by atoms with Crippen molar-refractivity contribution in [2.24, 2.45) is 0 Å². The van der Waals surface area contributed by atoms with Crippen LogP contribution < -0.4 is 5.32 Å². The van der Waals surface area contributed by atoms with Crippen LogP contribution in [0.5, 0.6) is 0 Å². The van der Waals surface area contributed by atoms with Crippen molar-refractivity contribution in [3.63, 3.8) is 0 Å². The SMILES string of the molecule is CCCCc1nc2cc(NCC(=O)CC)ccc2n1Cc1ccc(-c2ccccc2C(=O)OC(C)(C)C)cc1. The molecule has 0 amide bonds. The molecular weight excluding hydrogens is 486 g/mol. The average Bonchev–Trinajstić information content (AvgIpc) is 3.26. The first kappa shape index (κ1) is 28.1. The molecule has 0 saturated heterocycles. The summed E-state index contributed by atoms with van der Waals surface area (Å²) in [6, 6.07) is 22.1. The standard InChI is InChI=1S/C33H39N3O3/c1-6-8-13-31-35-29-20-25(34-21-26(37)7-2)18-19-30(29)36(31)22-23-14-16-24(17-15-23)27-11-9-10-12-28(27)32(38)39-33(3,4)5/h9-12,14-20,34H,6-8,13,21-22H2,1-5H3. The third kappa shape index (κ3) is 7.14. The minimum Gasteiger partial charge on any atom is -0.456 e. The number of ketones is 1. The van der Waals surface area contributed by atoms with Gasteiger partial charge in [0.25, 0.3) is 0 Å². The zero-order valence-corrected chi connectivity index (χ0v) is 23.7. The van der Waals surface area contributed by atoms with Gasteiger partial charge in [-0.3, -0.25) is 4.79 Å². The van der Waals surface area contributed by atoms with Crippen molar-refractivity contribution < 1.29 is 14.3 Å². The molecule has 0 unspecified atom stereocenters. The monoisotopic (exact) mass is 525 g/mol. The summed E-state index contributed by atoms with van der Waals surface area (Å²) in [4.78, 5) is 29.6. The number of nitrogens with one attached hydrogen (secondary N) is 1. The largest absolute Gasteiger partial charge is 0.456 e. The molecule has 3 aromatic carbocycles. The van der Waals surface area contributed by atoms with Gasteiger partial charge in [0.05, 0.1) is 23.1 Å². The van der Waals surface area contributed by atoms with Gasteiger partial charge in [0.2, 0.25) is 0 Å². The van der Waals surface area contributed by atoms with E-state index in [0.29, 0.717) is 25.1 Å². The lowest BCUT2D eigenvalue weighted by Crippen LogP contribution is -2.24. The molecule has 0 aliphatic carbocycles. The molecule has 6 nitrogen and oxygen atoms in total. The van der Waals surface area contributed by atoms with Crippen LogP contribution in [0.15, 0.2) is 66.7 Å². The van der Waals surface area contributed by atoms with E-state index in [-0.39, 0.29) is 11.8 Å². The van der Waals surface area contributed by atoms with Gasteiger partial charge in [-0.25, -0.2) is 9.78 Å². The molecule has 0 bridgehead atoms. The van der Waals surface area contributed by atoms with Gasteiger partial charge in [0, 0.05) is 25.1 Å². The molecule has 0 atom stereocenters.